The molecule has 1 aromatic heterocycles. The molecule has 0 N–H and O–H groups in total. The highest BCUT2D eigenvalue weighted by Gasteiger charge is 2.17. The molecule has 1 heterocycles. The minimum Gasteiger partial charge on any atom is -0.235 e. The average molecular weight is 341 g/mol. The second kappa shape index (κ2) is 6.66. The smallest absolute Gasteiger partial charge is 0.124 e. The Bertz CT molecular complexity index is 944. The van der Waals surface area contributed by atoms with E-state index in [4.69, 9.17) is 4.98 Å². The Labute approximate surface area is 152 Å². The van der Waals surface area contributed by atoms with Crippen LogP contribution in [0.1, 0.15) is 11.1 Å². The van der Waals surface area contributed by atoms with Gasteiger partial charge in [0.2, 0.25) is 0 Å². The van der Waals surface area contributed by atoms with Crippen molar-refractivity contribution in [2.75, 3.05) is 0 Å². The maximum Gasteiger partial charge on any atom is 0.124 e. The molecule has 25 heavy (non-hydrogen) atoms. The summed E-state index contributed by atoms with van der Waals surface area (Å²) < 4.78 is 0. The predicted octanol–water partition coefficient (Wildman–Crippen LogP) is 6.76. The first-order valence-corrected chi connectivity index (χ1v) is 9.24. The van der Waals surface area contributed by atoms with Crippen molar-refractivity contribution < 1.29 is 0 Å². The molecule has 0 aliphatic heterocycles. The van der Waals surface area contributed by atoms with Crippen LogP contribution in [0.2, 0.25) is 0 Å². The third kappa shape index (κ3) is 3.01. The van der Waals surface area contributed by atoms with Crippen LogP contribution in [0.4, 0.5) is 0 Å². The van der Waals surface area contributed by atoms with Crippen LogP contribution in [-0.4, -0.2) is 4.98 Å². The fourth-order valence-corrected chi connectivity index (χ4v) is 4.17. The summed E-state index contributed by atoms with van der Waals surface area (Å²) in [6.45, 7) is 4.33. The molecule has 0 aliphatic carbocycles. The summed E-state index contributed by atoms with van der Waals surface area (Å²) in [4.78, 5) is 6.27. The molecule has 122 valence electrons. The monoisotopic (exact) mass is 341 g/mol. The second-order valence-corrected chi connectivity index (χ2v) is 7.18. The first kappa shape index (κ1) is 15.8. The summed E-state index contributed by atoms with van der Waals surface area (Å²) >= 11 is 1.77. The maximum atomic E-state index is 5.05. The third-order valence-corrected chi connectivity index (χ3v) is 5.68. The number of rotatable bonds is 3. The van der Waals surface area contributed by atoms with Crippen molar-refractivity contribution in [1.29, 1.82) is 0 Å². The largest absolute Gasteiger partial charge is 0.235 e. The molecule has 0 amide bonds. The standard InChI is InChI=1S/C23H19NS/c1-16-10-9-15-20(17(16)2)23-24-21(18-11-5-3-6-12-18)22(25-23)19-13-7-4-8-14-19/h3-15H,1-2H3. The zero-order chi connectivity index (χ0) is 17.2. The van der Waals surface area contributed by atoms with Crippen molar-refractivity contribution in [3.05, 3.63) is 90.0 Å². The molecular weight excluding hydrogens is 322 g/mol. The molecule has 0 radical (unpaired) electrons. The van der Waals surface area contributed by atoms with E-state index in [2.05, 4.69) is 86.6 Å². The Kier molecular flexibility index (Phi) is 4.21. The van der Waals surface area contributed by atoms with Crippen molar-refractivity contribution in [2.24, 2.45) is 0 Å². The Morgan fingerprint density at radius 3 is 2.00 bits per heavy atom. The number of benzene rings is 3. The van der Waals surface area contributed by atoms with Gasteiger partial charge in [-0.25, -0.2) is 4.98 Å². The Balaban J connectivity index is 1.94. The molecular formula is C23H19NS. The van der Waals surface area contributed by atoms with Gasteiger partial charge in [-0.1, -0.05) is 78.9 Å². The lowest BCUT2D eigenvalue weighted by Gasteiger charge is -2.05. The van der Waals surface area contributed by atoms with Gasteiger partial charge in [0.1, 0.15) is 5.01 Å². The zero-order valence-corrected chi connectivity index (χ0v) is 15.2. The molecule has 4 rings (SSSR count). The lowest BCUT2D eigenvalue weighted by molar-refractivity contribution is 1.32. The van der Waals surface area contributed by atoms with E-state index in [9.17, 15) is 0 Å². The van der Waals surface area contributed by atoms with E-state index < -0.39 is 0 Å². The van der Waals surface area contributed by atoms with Gasteiger partial charge in [-0.15, -0.1) is 11.3 Å². The molecule has 0 fully saturated rings. The molecule has 0 unspecified atom stereocenters. The molecule has 4 aromatic rings. The molecule has 0 spiro atoms. The Hall–Kier alpha value is -2.71. The van der Waals surface area contributed by atoms with Gasteiger partial charge in [-0.3, -0.25) is 0 Å². The van der Waals surface area contributed by atoms with E-state index in [1.54, 1.807) is 11.3 Å². The summed E-state index contributed by atoms with van der Waals surface area (Å²) in [7, 11) is 0. The second-order valence-electron chi connectivity index (χ2n) is 6.18. The van der Waals surface area contributed by atoms with E-state index in [0.29, 0.717) is 0 Å². The van der Waals surface area contributed by atoms with Crippen LogP contribution in [0.15, 0.2) is 78.9 Å². The first-order valence-electron chi connectivity index (χ1n) is 8.42. The normalized spacial score (nSPS) is 10.8. The number of hydrogen-bond acceptors (Lipinski definition) is 2. The summed E-state index contributed by atoms with van der Waals surface area (Å²) in [5.41, 5.74) is 7.27. The third-order valence-electron chi connectivity index (χ3n) is 4.55. The predicted molar refractivity (Wildman–Crippen MR) is 108 cm³/mol. The Morgan fingerprint density at radius 1 is 0.680 bits per heavy atom. The fraction of sp³-hybridized carbons (Fsp3) is 0.0870. The van der Waals surface area contributed by atoms with Crippen LogP contribution >= 0.6 is 11.3 Å². The highest BCUT2D eigenvalue weighted by Crippen LogP contribution is 2.41. The van der Waals surface area contributed by atoms with Crippen LogP contribution < -0.4 is 0 Å². The molecule has 3 aromatic carbocycles. The summed E-state index contributed by atoms with van der Waals surface area (Å²) in [6, 6.07) is 27.4. The van der Waals surface area contributed by atoms with Gasteiger partial charge < -0.3 is 0 Å². The van der Waals surface area contributed by atoms with Gasteiger partial charge in [0.05, 0.1) is 10.6 Å². The lowest BCUT2D eigenvalue weighted by Crippen LogP contribution is -1.86. The van der Waals surface area contributed by atoms with Crippen LogP contribution in [0.3, 0.4) is 0 Å². The van der Waals surface area contributed by atoms with Gasteiger partial charge in [0.15, 0.2) is 0 Å². The summed E-state index contributed by atoms with van der Waals surface area (Å²) in [6.07, 6.45) is 0. The number of thiazole rings is 1. The van der Waals surface area contributed by atoms with Crippen molar-refractivity contribution in [2.45, 2.75) is 13.8 Å². The van der Waals surface area contributed by atoms with Crippen LogP contribution in [0.5, 0.6) is 0 Å². The van der Waals surface area contributed by atoms with Crippen molar-refractivity contribution >= 4 is 11.3 Å². The van der Waals surface area contributed by atoms with Crippen molar-refractivity contribution in [1.82, 2.24) is 4.98 Å². The first-order chi connectivity index (χ1) is 12.2. The summed E-state index contributed by atoms with van der Waals surface area (Å²) in [5.74, 6) is 0. The van der Waals surface area contributed by atoms with Crippen LogP contribution in [-0.2, 0) is 0 Å². The number of hydrogen-bond donors (Lipinski definition) is 0. The molecule has 0 atom stereocenters. The molecule has 1 nitrogen and oxygen atoms in total. The highest BCUT2D eigenvalue weighted by atomic mass is 32.1. The maximum absolute atomic E-state index is 5.05. The van der Waals surface area contributed by atoms with E-state index >= 15 is 0 Å². The highest BCUT2D eigenvalue weighted by molar-refractivity contribution is 7.19. The van der Waals surface area contributed by atoms with E-state index in [0.717, 1.165) is 16.3 Å². The van der Waals surface area contributed by atoms with Crippen LogP contribution in [0, 0.1) is 13.8 Å². The quantitative estimate of drug-likeness (QED) is 0.401. The SMILES string of the molecule is Cc1cccc(-c2nc(-c3ccccc3)c(-c3ccccc3)s2)c1C. The van der Waals surface area contributed by atoms with E-state index in [1.807, 2.05) is 6.07 Å². The van der Waals surface area contributed by atoms with Crippen molar-refractivity contribution in [3.8, 4) is 32.3 Å². The number of nitrogens with zero attached hydrogens (tertiary/aromatic N) is 1. The molecule has 0 aliphatic rings. The van der Waals surface area contributed by atoms with Gasteiger partial charge >= 0.3 is 0 Å². The van der Waals surface area contributed by atoms with Crippen LogP contribution in [0.25, 0.3) is 32.3 Å². The minimum atomic E-state index is 1.06. The molecule has 0 saturated heterocycles. The Morgan fingerprint density at radius 2 is 1.32 bits per heavy atom. The van der Waals surface area contributed by atoms with Crippen molar-refractivity contribution in [3.63, 3.8) is 0 Å². The molecule has 0 saturated carbocycles. The zero-order valence-electron chi connectivity index (χ0n) is 14.4. The lowest BCUT2D eigenvalue weighted by atomic mass is 10.0. The minimum absolute atomic E-state index is 1.06. The van der Waals surface area contributed by atoms with Gasteiger partial charge in [-0.2, -0.15) is 0 Å². The topological polar surface area (TPSA) is 12.9 Å². The van der Waals surface area contributed by atoms with E-state index in [-0.39, 0.29) is 0 Å². The average Bonchev–Trinajstić information content (AvgIpc) is 3.10. The fourth-order valence-electron chi connectivity index (χ4n) is 2.99. The molecule has 2 heteroatoms. The number of aryl methyl sites for hydroxylation is 1. The van der Waals surface area contributed by atoms with Gasteiger partial charge in [0, 0.05) is 11.1 Å². The number of aromatic nitrogens is 1. The van der Waals surface area contributed by atoms with E-state index in [1.165, 1.54) is 27.1 Å². The van der Waals surface area contributed by atoms with Gasteiger partial charge in [0.25, 0.3) is 0 Å². The van der Waals surface area contributed by atoms with Gasteiger partial charge in [-0.05, 0) is 30.5 Å². The molecule has 0 bridgehead atoms. The summed E-state index contributed by atoms with van der Waals surface area (Å²) in [5, 5.41) is 1.08.